The molecule has 0 aromatic carbocycles. The van der Waals surface area contributed by atoms with Gasteiger partial charge in [0.15, 0.2) is 0 Å². The minimum absolute atomic E-state index is 0.0960. The van der Waals surface area contributed by atoms with Crippen molar-refractivity contribution in [2.75, 3.05) is 5.32 Å². The van der Waals surface area contributed by atoms with Crippen molar-refractivity contribution in [2.45, 2.75) is 6.92 Å². The fourth-order valence-corrected chi connectivity index (χ4v) is 0.722. The normalized spacial score (nSPS) is 9.18. The van der Waals surface area contributed by atoms with Crippen LogP contribution in [-0.2, 0) is 4.79 Å². The molecule has 0 fully saturated rings. The Morgan fingerprint density at radius 3 is 2.82 bits per heavy atom. The second-order valence-electron chi connectivity index (χ2n) is 2.40. The molecule has 1 aromatic rings. The van der Waals surface area contributed by atoms with Crippen molar-refractivity contribution in [1.82, 2.24) is 4.98 Å². The largest absolute Gasteiger partial charge is 0.311 e. The molecule has 11 heavy (non-hydrogen) atoms. The Labute approximate surface area is 66.2 Å². The number of amides is 1. The van der Waals surface area contributed by atoms with Gasteiger partial charge in [0.1, 0.15) is 13.7 Å². The summed E-state index contributed by atoms with van der Waals surface area (Å²) in [6.07, 6.45) is 1.71. The van der Waals surface area contributed by atoms with E-state index in [1.54, 1.807) is 12.3 Å². The number of rotatable bonds is 1. The van der Waals surface area contributed by atoms with Gasteiger partial charge < -0.3 is 5.32 Å². The van der Waals surface area contributed by atoms with E-state index in [1.807, 2.05) is 13.9 Å². The van der Waals surface area contributed by atoms with Crippen molar-refractivity contribution in [1.29, 1.82) is 0 Å². The lowest BCUT2D eigenvalue weighted by atomic mass is 9.99. The highest BCUT2D eigenvalue weighted by molar-refractivity contribution is 6.32. The minimum Gasteiger partial charge on any atom is -0.311 e. The van der Waals surface area contributed by atoms with E-state index in [1.165, 1.54) is 6.92 Å². The first-order chi connectivity index (χ1) is 5.18. The number of anilines is 1. The topological polar surface area (TPSA) is 42.0 Å². The van der Waals surface area contributed by atoms with Crippen LogP contribution in [0.15, 0.2) is 18.3 Å². The molecule has 56 valence electrons. The third kappa shape index (κ3) is 2.41. The molecule has 0 aliphatic rings. The predicted octanol–water partition coefficient (Wildman–Crippen LogP) is -0.702. The smallest absolute Gasteiger partial charge is 0.222 e. The molecule has 1 amide bonds. The lowest BCUT2D eigenvalue weighted by Gasteiger charge is -1.99. The van der Waals surface area contributed by atoms with Crippen molar-refractivity contribution in [3.05, 3.63) is 18.3 Å². The van der Waals surface area contributed by atoms with E-state index in [-0.39, 0.29) is 5.91 Å². The fraction of sp³-hybridized carbons (Fsp3) is 0.143. The van der Waals surface area contributed by atoms with E-state index in [0.29, 0.717) is 5.82 Å². The van der Waals surface area contributed by atoms with Crippen LogP contribution < -0.4 is 10.8 Å². The van der Waals surface area contributed by atoms with E-state index >= 15 is 0 Å². The van der Waals surface area contributed by atoms with Gasteiger partial charge in [-0.25, -0.2) is 4.98 Å². The maximum atomic E-state index is 10.5. The molecule has 1 heterocycles. The molecule has 0 saturated carbocycles. The third-order valence-electron chi connectivity index (χ3n) is 1.22. The summed E-state index contributed by atoms with van der Waals surface area (Å²) in [6, 6.07) is 3.68. The molecule has 1 rings (SSSR count). The highest BCUT2D eigenvalue weighted by Crippen LogP contribution is 1.96. The molecule has 0 aliphatic carbocycles. The summed E-state index contributed by atoms with van der Waals surface area (Å²) >= 11 is 0. The number of nitrogens with one attached hydrogen (secondary N) is 1. The molecular weight excluding hydrogens is 139 g/mol. The molecule has 0 atom stereocenters. The number of nitrogens with zero attached hydrogens (tertiary/aromatic N) is 1. The molecule has 0 bridgehead atoms. The summed E-state index contributed by atoms with van der Waals surface area (Å²) < 4.78 is 0. The van der Waals surface area contributed by atoms with Crippen LogP contribution in [0.1, 0.15) is 6.92 Å². The molecule has 3 nitrogen and oxygen atoms in total. The first-order valence-electron chi connectivity index (χ1n) is 3.39. The zero-order valence-corrected chi connectivity index (χ0v) is 6.59. The van der Waals surface area contributed by atoms with E-state index < -0.39 is 0 Å². The van der Waals surface area contributed by atoms with Gasteiger partial charge in [-0.1, -0.05) is 11.5 Å². The first-order valence-corrected chi connectivity index (χ1v) is 3.39. The molecule has 0 spiro atoms. The van der Waals surface area contributed by atoms with Gasteiger partial charge in [-0.3, -0.25) is 4.79 Å². The average molecular weight is 148 g/mol. The summed E-state index contributed by atoms with van der Waals surface area (Å²) in [5.41, 5.74) is 1.08. The number of carbonyl (C=O) groups excluding carboxylic acids is 1. The van der Waals surface area contributed by atoms with Crippen LogP contribution in [0.2, 0.25) is 0 Å². The minimum atomic E-state index is -0.0960. The summed E-state index contributed by atoms with van der Waals surface area (Å²) in [4.78, 5) is 14.5. The summed E-state index contributed by atoms with van der Waals surface area (Å²) in [7, 11) is 1.95. The molecule has 1 aromatic heterocycles. The zero-order chi connectivity index (χ0) is 8.27. The molecule has 0 unspecified atom stereocenters. The summed E-state index contributed by atoms with van der Waals surface area (Å²) in [5.74, 6) is 0.504. The average Bonchev–Trinajstić information content (AvgIpc) is 1.93. The van der Waals surface area contributed by atoms with Gasteiger partial charge in [0.05, 0.1) is 0 Å². The van der Waals surface area contributed by atoms with Gasteiger partial charge in [-0.15, -0.1) is 0 Å². The Balaban J connectivity index is 2.74. The Kier molecular flexibility index (Phi) is 2.26. The second-order valence-corrected chi connectivity index (χ2v) is 2.40. The zero-order valence-electron chi connectivity index (χ0n) is 6.59. The summed E-state index contributed by atoms with van der Waals surface area (Å²) in [6.45, 7) is 1.46. The highest BCUT2D eigenvalue weighted by Gasteiger charge is 1.93. The van der Waals surface area contributed by atoms with E-state index in [2.05, 4.69) is 10.3 Å². The maximum Gasteiger partial charge on any atom is 0.222 e. The van der Waals surface area contributed by atoms with Gasteiger partial charge in [-0.2, -0.15) is 0 Å². The number of pyridine rings is 1. The van der Waals surface area contributed by atoms with Gasteiger partial charge >= 0.3 is 0 Å². The first kappa shape index (κ1) is 7.79. The van der Waals surface area contributed by atoms with Gasteiger partial charge in [0, 0.05) is 13.1 Å². The third-order valence-corrected chi connectivity index (χ3v) is 1.22. The quantitative estimate of drug-likeness (QED) is 0.535. The van der Waals surface area contributed by atoms with Crippen molar-refractivity contribution >= 4 is 25.0 Å². The van der Waals surface area contributed by atoms with E-state index in [4.69, 9.17) is 0 Å². The van der Waals surface area contributed by atoms with Crippen LogP contribution in [-0.4, -0.2) is 18.7 Å². The molecule has 0 saturated heterocycles. The highest BCUT2D eigenvalue weighted by atomic mass is 16.1. The summed E-state index contributed by atoms with van der Waals surface area (Å²) in [5, 5.41) is 2.58. The lowest BCUT2D eigenvalue weighted by molar-refractivity contribution is -0.114. The number of hydrogen-bond donors (Lipinski definition) is 1. The van der Waals surface area contributed by atoms with Crippen molar-refractivity contribution < 1.29 is 4.79 Å². The number of hydrogen-bond acceptors (Lipinski definition) is 2. The van der Waals surface area contributed by atoms with Gasteiger partial charge in [-0.05, 0) is 6.07 Å². The molecule has 1 N–H and O–H groups in total. The number of aromatic nitrogens is 1. The number of carbonyl (C=O) groups is 1. The lowest BCUT2D eigenvalue weighted by Crippen LogP contribution is -2.10. The van der Waals surface area contributed by atoms with E-state index in [9.17, 15) is 4.79 Å². The molecule has 0 aliphatic heterocycles. The van der Waals surface area contributed by atoms with Crippen molar-refractivity contribution in [3.63, 3.8) is 0 Å². The molecular formula is C7H9BN2O. The Morgan fingerprint density at radius 2 is 2.36 bits per heavy atom. The van der Waals surface area contributed by atoms with Crippen molar-refractivity contribution in [3.8, 4) is 0 Å². The molecule has 4 heteroatoms. The monoisotopic (exact) mass is 148 g/mol. The van der Waals surface area contributed by atoms with Crippen LogP contribution >= 0.6 is 0 Å². The Bertz CT molecular complexity index is 258. The predicted molar refractivity (Wildman–Crippen MR) is 46.7 cm³/mol. The second kappa shape index (κ2) is 3.19. The SMILES string of the molecule is Bc1ccc(NC(C)=O)nc1. The van der Waals surface area contributed by atoms with Crippen LogP contribution in [0.4, 0.5) is 5.82 Å². The van der Waals surface area contributed by atoms with Crippen LogP contribution in [0, 0.1) is 0 Å². The van der Waals surface area contributed by atoms with Crippen molar-refractivity contribution in [2.24, 2.45) is 0 Å². The fourth-order valence-electron chi connectivity index (χ4n) is 0.722. The van der Waals surface area contributed by atoms with Crippen LogP contribution in [0.25, 0.3) is 0 Å². The van der Waals surface area contributed by atoms with Crippen LogP contribution in [0.3, 0.4) is 0 Å². The Morgan fingerprint density at radius 1 is 1.64 bits per heavy atom. The maximum absolute atomic E-state index is 10.5. The van der Waals surface area contributed by atoms with E-state index in [0.717, 1.165) is 5.46 Å². The van der Waals surface area contributed by atoms with Gasteiger partial charge in [0.2, 0.25) is 5.91 Å². The Hall–Kier alpha value is -1.32. The standard InChI is InChI=1S/C7H9BN2O/c1-5(11)10-7-3-2-6(8)4-9-7/h2-4H,8H2,1H3,(H,9,10,11). The molecule has 0 radical (unpaired) electrons. The van der Waals surface area contributed by atoms with Crippen LogP contribution in [0.5, 0.6) is 0 Å². The van der Waals surface area contributed by atoms with Gasteiger partial charge in [0.25, 0.3) is 0 Å².